The van der Waals surface area contributed by atoms with Crippen molar-refractivity contribution in [2.24, 2.45) is 0 Å². The van der Waals surface area contributed by atoms with E-state index in [9.17, 15) is 9.59 Å². The van der Waals surface area contributed by atoms with Crippen molar-refractivity contribution < 1.29 is 9.59 Å². The number of nitrogens with one attached hydrogen (secondary N) is 2. The number of aryl methyl sites for hydroxylation is 1. The number of hydrogen-bond acceptors (Lipinski definition) is 3. The summed E-state index contributed by atoms with van der Waals surface area (Å²) in [7, 11) is 0. The summed E-state index contributed by atoms with van der Waals surface area (Å²) in [5, 5.41) is 5.73. The predicted octanol–water partition coefficient (Wildman–Crippen LogP) is 4.22. The van der Waals surface area contributed by atoms with Gasteiger partial charge in [-0.3, -0.25) is 9.59 Å². The molecule has 0 aliphatic carbocycles. The molecule has 0 bridgehead atoms. The molecule has 4 nitrogen and oxygen atoms in total. The van der Waals surface area contributed by atoms with E-state index in [1.54, 1.807) is 12.1 Å². The molecule has 2 N–H and O–H groups in total. The Morgan fingerprint density at radius 1 is 1.20 bits per heavy atom. The van der Waals surface area contributed by atoms with Gasteiger partial charge in [0, 0.05) is 17.0 Å². The summed E-state index contributed by atoms with van der Waals surface area (Å²) in [6.45, 7) is 4.68. The standard InChI is InChI=1S/C20H20N2O2S/c1-3-10-21-19(23)15-8-9-17-16(12-15)22-20(24)18(25-17)11-14-6-4-13(2)5-7-14/h4-9,11-12H,3,10H2,1-2H3,(H,21,23)(H,22,24). The Labute approximate surface area is 151 Å². The molecule has 0 fully saturated rings. The third kappa shape index (κ3) is 4.12. The molecular formula is C20H20N2O2S. The van der Waals surface area contributed by atoms with Gasteiger partial charge in [-0.1, -0.05) is 48.5 Å². The molecule has 1 heterocycles. The number of benzene rings is 2. The van der Waals surface area contributed by atoms with Crippen LogP contribution in [0, 0.1) is 6.92 Å². The van der Waals surface area contributed by atoms with Crippen LogP contribution < -0.4 is 10.6 Å². The van der Waals surface area contributed by atoms with Crippen LogP contribution in [0.15, 0.2) is 52.3 Å². The Kier molecular flexibility index (Phi) is 5.24. The van der Waals surface area contributed by atoms with Gasteiger partial charge < -0.3 is 10.6 Å². The summed E-state index contributed by atoms with van der Waals surface area (Å²) in [6, 6.07) is 13.4. The number of amides is 2. The van der Waals surface area contributed by atoms with Crippen LogP contribution in [0.2, 0.25) is 0 Å². The molecule has 0 saturated heterocycles. The average molecular weight is 352 g/mol. The molecule has 0 saturated carbocycles. The molecule has 1 aliphatic heterocycles. The van der Waals surface area contributed by atoms with Crippen LogP contribution in [0.3, 0.4) is 0 Å². The number of carbonyl (C=O) groups is 2. The Bertz CT molecular complexity index is 841. The van der Waals surface area contributed by atoms with Gasteiger partial charge in [0.1, 0.15) is 0 Å². The van der Waals surface area contributed by atoms with Gasteiger partial charge in [0.05, 0.1) is 10.6 Å². The van der Waals surface area contributed by atoms with E-state index in [2.05, 4.69) is 10.6 Å². The molecule has 5 heteroatoms. The summed E-state index contributed by atoms with van der Waals surface area (Å²) < 4.78 is 0. The second-order valence-corrected chi connectivity index (χ2v) is 7.03. The lowest BCUT2D eigenvalue weighted by Crippen LogP contribution is -2.24. The summed E-state index contributed by atoms with van der Waals surface area (Å²) in [5.41, 5.74) is 3.41. The topological polar surface area (TPSA) is 58.2 Å². The van der Waals surface area contributed by atoms with Gasteiger partial charge in [0.25, 0.3) is 11.8 Å². The Balaban J connectivity index is 1.82. The number of hydrogen-bond donors (Lipinski definition) is 2. The molecule has 2 aromatic carbocycles. The minimum Gasteiger partial charge on any atom is -0.352 e. The number of carbonyl (C=O) groups excluding carboxylic acids is 2. The second-order valence-electron chi connectivity index (χ2n) is 5.94. The first-order chi connectivity index (χ1) is 12.1. The van der Waals surface area contributed by atoms with Crippen LogP contribution in [0.1, 0.15) is 34.8 Å². The predicted molar refractivity (Wildman–Crippen MR) is 103 cm³/mol. The highest BCUT2D eigenvalue weighted by atomic mass is 32.2. The van der Waals surface area contributed by atoms with Crippen molar-refractivity contribution in [3.8, 4) is 0 Å². The largest absolute Gasteiger partial charge is 0.352 e. The first-order valence-electron chi connectivity index (χ1n) is 8.26. The van der Waals surface area contributed by atoms with E-state index in [0.29, 0.717) is 22.7 Å². The van der Waals surface area contributed by atoms with Crippen molar-refractivity contribution in [1.82, 2.24) is 5.32 Å². The van der Waals surface area contributed by atoms with Crippen molar-refractivity contribution in [2.45, 2.75) is 25.2 Å². The molecule has 2 amide bonds. The fourth-order valence-corrected chi connectivity index (χ4v) is 3.39. The minimum atomic E-state index is -0.149. The van der Waals surface area contributed by atoms with Gasteiger partial charge in [0.2, 0.25) is 0 Å². The monoisotopic (exact) mass is 352 g/mol. The van der Waals surface area contributed by atoms with E-state index in [1.807, 2.05) is 50.3 Å². The molecule has 128 valence electrons. The molecule has 0 spiro atoms. The van der Waals surface area contributed by atoms with E-state index in [4.69, 9.17) is 0 Å². The number of rotatable bonds is 4. The van der Waals surface area contributed by atoms with Crippen LogP contribution in [0.25, 0.3) is 6.08 Å². The van der Waals surface area contributed by atoms with E-state index in [0.717, 1.165) is 16.9 Å². The van der Waals surface area contributed by atoms with E-state index >= 15 is 0 Å². The lowest BCUT2D eigenvalue weighted by molar-refractivity contribution is -0.112. The second kappa shape index (κ2) is 7.57. The van der Waals surface area contributed by atoms with Crippen LogP contribution in [0.5, 0.6) is 0 Å². The highest BCUT2D eigenvalue weighted by Crippen LogP contribution is 2.39. The highest BCUT2D eigenvalue weighted by Gasteiger charge is 2.22. The van der Waals surface area contributed by atoms with E-state index in [-0.39, 0.29) is 11.8 Å². The Hall–Kier alpha value is -2.53. The fraction of sp³-hybridized carbons (Fsp3) is 0.200. The molecule has 1 aliphatic rings. The fourth-order valence-electron chi connectivity index (χ4n) is 2.46. The first kappa shape index (κ1) is 17.3. The van der Waals surface area contributed by atoms with Gasteiger partial charge in [-0.25, -0.2) is 0 Å². The summed E-state index contributed by atoms with van der Waals surface area (Å²) in [5.74, 6) is -0.269. The van der Waals surface area contributed by atoms with Gasteiger partial charge in [-0.2, -0.15) is 0 Å². The molecule has 3 rings (SSSR count). The number of thioether (sulfide) groups is 1. The summed E-state index contributed by atoms with van der Waals surface area (Å²) in [6.07, 6.45) is 2.76. The first-order valence-corrected chi connectivity index (χ1v) is 9.08. The minimum absolute atomic E-state index is 0.120. The summed E-state index contributed by atoms with van der Waals surface area (Å²) in [4.78, 5) is 26.0. The van der Waals surface area contributed by atoms with E-state index in [1.165, 1.54) is 17.3 Å². The number of fused-ring (bicyclic) bond motifs is 1. The lowest BCUT2D eigenvalue weighted by Gasteiger charge is -2.19. The Morgan fingerprint density at radius 3 is 2.68 bits per heavy atom. The van der Waals surface area contributed by atoms with Crippen molar-refractivity contribution in [2.75, 3.05) is 11.9 Å². The van der Waals surface area contributed by atoms with Crippen LogP contribution in [-0.2, 0) is 4.79 Å². The smallest absolute Gasteiger partial charge is 0.262 e. The third-order valence-electron chi connectivity index (χ3n) is 3.84. The normalized spacial score (nSPS) is 14.8. The van der Waals surface area contributed by atoms with Gasteiger partial charge in [-0.05, 0) is 43.2 Å². The maximum Gasteiger partial charge on any atom is 0.262 e. The SMILES string of the molecule is CCCNC(=O)c1ccc2c(c1)NC(=O)C(=Cc1ccc(C)cc1)S2. The van der Waals surface area contributed by atoms with Crippen molar-refractivity contribution >= 4 is 35.3 Å². The van der Waals surface area contributed by atoms with Crippen molar-refractivity contribution in [1.29, 1.82) is 0 Å². The molecule has 0 atom stereocenters. The van der Waals surface area contributed by atoms with Crippen LogP contribution >= 0.6 is 11.8 Å². The summed E-state index contributed by atoms with van der Waals surface area (Å²) >= 11 is 1.42. The molecule has 0 aromatic heterocycles. The van der Waals surface area contributed by atoms with Crippen LogP contribution in [-0.4, -0.2) is 18.4 Å². The molecule has 25 heavy (non-hydrogen) atoms. The maximum atomic E-state index is 12.4. The molecule has 2 aromatic rings. The third-order valence-corrected chi connectivity index (χ3v) is 4.94. The molecular weight excluding hydrogens is 332 g/mol. The zero-order chi connectivity index (χ0) is 17.8. The Morgan fingerprint density at radius 2 is 1.96 bits per heavy atom. The number of anilines is 1. The van der Waals surface area contributed by atoms with Crippen LogP contribution in [0.4, 0.5) is 5.69 Å². The zero-order valence-corrected chi connectivity index (χ0v) is 15.1. The highest BCUT2D eigenvalue weighted by molar-refractivity contribution is 8.04. The van der Waals surface area contributed by atoms with Crippen molar-refractivity contribution in [3.63, 3.8) is 0 Å². The molecule has 0 radical (unpaired) electrons. The van der Waals surface area contributed by atoms with E-state index < -0.39 is 0 Å². The average Bonchev–Trinajstić information content (AvgIpc) is 2.61. The quantitative estimate of drug-likeness (QED) is 0.810. The lowest BCUT2D eigenvalue weighted by atomic mass is 10.1. The molecule has 0 unspecified atom stereocenters. The zero-order valence-electron chi connectivity index (χ0n) is 14.3. The van der Waals surface area contributed by atoms with Gasteiger partial charge in [-0.15, -0.1) is 0 Å². The van der Waals surface area contributed by atoms with Gasteiger partial charge in [0.15, 0.2) is 0 Å². The maximum absolute atomic E-state index is 12.4. The van der Waals surface area contributed by atoms with Gasteiger partial charge >= 0.3 is 0 Å². The van der Waals surface area contributed by atoms with Crippen molar-refractivity contribution in [3.05, 3.63) is 64.1 Å².